The first-order valence-corrected chi connectivity index (χ1v) is 17.5. The number of anilines is 3. The molecule has 0 spiro atoms. The van der Waals surface area contributed by atoms with Crippen molar-refractivity contribution in [3.8, 4) is 5.82 Å². The van der Waals surface area contributed by atoms with Crippen LogP contribution in [-0.2, 0) is 15.6 Å². The van der Waals surface area contributed by atoms with E-state index in [1.165, 1.54) is 44.4 Å². The van der Waals surface area contributed by atoms with Crippen LogP contribution in [0.25, 0.3) is 27.6 Å². The third kappa shape index (κ3) is 5.05. The Balaban J connectivity index is 1.40. The van der Waals surface area contributed by atoms with Gasteiger partial charge in [-0.05, 0) is 94.6 Å². The van der Waals surface area contributed by atoms with Crippen molar-refractivity contribution in [1.82, 2.24) is 9.55 Å². The van der Waals surface area contributed by atoms with Crippen molar-refractivity contribution in [2.75, 3.05) is 11.5 Å². The van der Waals surface area contributed by atoms with Gasteiger partial charge in [0.15, 0.2) is 0 Å². The molecule has 4 aromatic carbocycles. The highest BCUT2D eigenvalue weighted by molar-refractivity contribution is 6.11. The van der Waals surface area contributed by atoms with Gasteiger partial charge in [-0.15, -0.1) is 0 Å². The fourth-order valence-corrected chi connectivity index (χ4v) is 7.68. The number of hydrogen-bond acceptors (Lipinski definition) is 4. The van der Waals surface area contributed by atoms with E-state index in [4.69, 9.17) is 14.7 Å². The maximum Gasteiger partial charge on any atom is 0.216 e. The monoisotopic (exact) mass is 646 g/mol. The Morgan fingerprint density at radius 3 is 2.27 bits per heavy atom. The number of fused-ring (bicyclic) bond motifs is 5. The minimum absolute atomic E-state index is 0.00323. The highest BCUT2D eigenvalue weighted by atomic mass is 16.5. The van der Waals surface area contributed by atoms with Gasteiger partial charge in [0.05, 0.1) is 28.5 Å². The van der Waals surface area contributed by atoms with Gasteiger partial charge < -0.3 is 9.64 Å². The van der Waals surface area contributed by atoms with Crippen LogP contribution in [0.4, 0.5) is 17.1 Å². The van der Waals surface area contributed by atoms with Crippen LogP contribution in [0.5, 0.6) is 0 Å². The Morgan fingerprint density at radius 1 is 0.755 bits per heavy atom. The van der Waals surface area contributed by atoms with Crippen LogP contribution in [0.1, 0.15) is 83.2 Å². The van der Waals surface area contributed by atoms with Gasteiger partial charge in [0, 0.05) is 33.6 Å². The molecule has 2 aromatic heterocycles. The molecule has 0 N–H and O–H groups in total. The van der Waals surface area contributed by atoms with E-state index < -0.39 is 0 Å². The van der Waals surface area contributed by atoms with Crippen molar-refractivity contribution in [2.24, 2.45) is 10.4 Å². The van der Waals surface area contributed by atoms with Crippen LogP contribution < -0.4 is 4.90 Å². The second kappa shape index (κ2) is 10.8. The number of aryl methyl sites for hydroxylation is 1. The van der Waals surface area contributed by atoms with E-state index in [1.54, 1.807) is 0 Å². The third-order valence-electron chi connectivity index (χ3n) is 10.6. The third-order valence-corrected chi connectivity index (χ3v) is 10.6. The van der Waals surface area contributed by atoms with E-state index >= 15 is 0 Å². The average Bonchev–Trinajstić information content (AvgIpc) is 3.68. The lowest BCUT2D eigenvalue weighted by atomic mass is 9.73. The molecule has 49 heavy (non-hydrogen) atoms. The quantitative estimate of drug-likeness (QED) is 0.192. The second-order valence-corrected chi connectivity index (χ2v) is 16.6. The van der Waals surface area contributed by atoms with Crippen LogP contribution in [0.15, 0.2) is 102 Å². The van der Waals surface area contributed by atoms with Gasteiger partial charge in [0.25, 0.3) is 0 Å². The second-order valence-electron chi connectivity index (χ2n) is 16.6. The van der Waals surface area contributed by atoms with Crippen LogP contribution in [-0.4, -0.2) is 28.1 Å². The van der Waals surface area contributed by atoms with Crippen molar-refractivity contribution in [1.29, 1.82) is 0 Å². The number of ether oxygens (including phenoxy) is 1. The molecule has 0 amide bonds. The van der Waals surface area contributed by atoms with Crippen LogP contribution in [0.3, 0.4) is 0 Å². The van der Waals surface area contributed by atoms with Crippen molar-refractivity contribution in [2.45, 2.75) is 79.2 Å². The number of pyridine rings is 1. The van der Waals surface area contributed by atoms with Gasteiger partial charge >= 0.3 is 0 Å². The summed E-state index contributed by atoms with van der Waals surface area (Å²) < 4.78 is 8.61. The van der Waals surface area contributed by atoms with Gasteiger partial charge in [-0.1, -0.05) is 91.8 Å². The zero-order chi connectivity index (χ0) is 34.5. The summed E-state index contributed by atoms with van der Waals surface area (Å²) in [4.78, 5) is 12.5. The van der Waals surface area contributed by atoms with Crippen molar-refractivity contribution in [3.05, 3.63) is 125 Å². The van der Waals surface area contributed by atoms with E-state index in [-0.39, 0.29) is 22.3 Å². The van der Waals surface area contributed by atoms with Crippen molar-refractivity contribution < 1.29 is 4.74 Å². The van der Waals surface area contributed by atoms with Gasteiger partial charge in [0.1, 0.15) is 12.4 Å². The van der Waals surface area contributed by atoms with E-state index in [2.05, 4.69) is 163 Å². The predicted octanol–water partition coefficient (Wildman–Crippen LogP) is 11.1. The summed E-state index contributed by atoms with van der Waals surface area (Å²) in [6.07, 6.45) is 1.95. The zero-order valence-corrected chi connectivity index (χ0v) is 30.2. The molecule has 5 nitrogen and oxygen atoms in total. The topological polar surface area (TPSA) is 42.6 Å². The molecule has 8 rings (SSSR count). The Labute approximate surface area is 290 Å². The molecule has 4 heterocycles. The van der Waals surface area contributed by atoms with Crippen molar-refractivity contribution >= 4 is 44.8 Å². The van der Waals surface area contributed by atoms with Crippen LogP contribution >= 0.6 is 0 Å². The smallest absolute Gasteiger partial charge is 0.216 e. The molecule has 0 saturated carbocycles. The Kier molecular flexibility index (Phi) is 6.92. The first-order chi connectivity index (χ1) is 23.2. The standard InChI is InChI=1S/C44H46N4O/c1-27-20-28(41-46-39(26-49-41)43(5,6)7)22-30(21-27)47-36-17-13-11-15-33(36)44(8,9)34-24-32-31-14-10-12-16-35(31)48(37(32)25-38(34)47)40-23-29(18-19-45-40)42(2,3)4/h10-25,39H,26H2,1-9H3/t39-/m0/s1. The van der Waals surface area contributed by atoms with E-state index in [0.29, 0.717) is 6.61 Å². The number of para-hydroxylation sites is 2. The predicted molar refractivity (Wildman–Crippen MR) is 205 cm³/mol. The zero-order valence-electron chi connectivity index (χ0n) is 30.2. The highest BCUT2D eigenvalue weighted by Gasteiger charge is 2.38. The first-order valence-electron chi connectivity index (χ1n) is 17.5. The van der Waals surface area contributed by atoms with Gasteiger partial charge in [-0.3, -0.25) is 4.57 Å². The summed E-state index contributed by atoms with van der Waals surface area (Å²) >= 11 is 0. The first kappa shape index (κ1) is 31.4. The van der Waals surface area contributed by atoms with Gasteiger partial charge in [-0.25, -0.2) is 9.98 Å². The molecule has 0 unspecified atom stereocenters. The number of rotatable bonds is 3. The fourth-order valence-electron chi connectivity index (χ4n) is 7.68. The normalized spacial score (nSPS) is 17.2. The Bertz CT molecular complexity index is 2310. The lowest BCUT2D eigenvalue weighted by Gasteiger charge is -2.42. The molecular formula is C44H46N4O. The van der Waals surface area contributed by atoms with Crippen molar-refractivity contribution in [3.63, 3.8) is 0 Å². The molecule has 0 radical (unpaired) electrons. The summed E-state index contributed by atoms with van der Waals surface area (Å²) in [6, 6.07) is 33.7. The molecule has 2 aliphatic rings. The molecule has 1 atom stereocenters. The lowest BCUT2D eigenvalue weighted by Crippen LogP contribution is -2.30. The molecule has 0 aliphatic carbocycles. The fraction of sp³-hybridized carbons (Fsp3) is 0.318. The summed E-state index contributed by atoms with van der Waals surface area (Å²) in [5.74, 6) is 1.67. The van der Waals surface area contributed by atoms with Gasteiger partial charge in [0.2, 0.25) is 5.90 Å². The molecule has 0 saturated heterocycles. The minimum Gasteiger partial charge on any atom is -0.475 e. The molecule has 6 aromatic rings. The highest BCUT2D eigenvalue weighted by Crippen LogP contribution is 2.54. The average molecular weight is 647 g/mol. The molecule has 248 valence electrons. The lowest BCUT2D eigenvalue weighted by molar-refractivity contribution is 0.236. The number of nitrogens with zero attached hydrogens (tertiary/aromatic N) is 4. The molecular weight excluding hydrogens is 601 g/mol. The van der Waals surface area contributed by atoms with Crippen LogP contribution in [0, 0.1) is 12.3 Å². The summed E-state index contributed by atoms with van der Waals surface area (Å²) in [6.45, 7) is 21.0. The van der Waals surface area contributed by atoms with E-state index in [9.17, 15) is 0 Å². The molecule has 0 fully saturated rings. The summed E-state index contributed by atoms with van der Waals surface area (Å²) in [5, 5.41) is 2.46. The summed E-state index contributed by atoms with van der Waals surface area (Å²) in [5.41, 5.74) is 11.6. The maximum absolute atomic E-state index is 6.26. The number of aliphatic imine (C=N–C) groups is 1. The molecule has 5 heteroatoms. The number of hydrogen-bond donors (Lipinski definition) is 0. The SMILES string of the molecule is Cc1cc(C2=N[C@H](C(C)(C)C)CO2)cc(N2c3ccccc3C(C)(C)c3cc4c5ccccc5n(-c5cc(C(C)(C)C)ccn5)c4cc32)c1. The Hall–Kier alpha value is -4.90. The van der Waals surface area contributed by atoms with E-state index in [1.807, 2.05) is 6.20 Å². The minimum atomic E-state index is -0.227. The summed E-state index contributed by atoms with van der Waals surface area (Å²) in [7, 11) is 0. The number of aromatic nitrogens is 2. The van der Waals surface area contributed by atoms with E-state index in [0.717, 1.165) is 34.0 Å². The van der Waals surface area contributed by atoms with Gasteiger partial charge in [-0.2, -0.15) is 0 Å². The molecule has 2 aliphatic heterocycles. The molecule has 0 bridgehead atoms. The maximum atomic E-state index is 6.26. The largest absolute Gasteiger partial charge is 0.475 e. The number of benzene rings is 4. The van der Waals surface area contributed by atoms with Crippen LogP contribution in [0.2, 0.25) is 0 Å². The Morgan fingerprint density at radius 2 is 1.51 bits per heavy atom.